The number of imidazole rings is 1. The largest absolute Gasteiger partial charge is 0.495 e. The van der Waals surface area contributed by atoms with Crippen LogP contribution in [0.5, 0.6) is 5.75 Å². The molecule has 6 nitrogen and oxygen atoms in total. The molecule has 166 valence electrons. The fourth-order valence-electron chi connectivity index (χ4n) is 4.26. The standard InChI is InChI=1S/C26H23FN4O2/c1-17-15-30(16-28-17)22-10-5-18(13-24(22)33-2)12-20-4-3-11-31-23(14-25(32)29-26(20)31)19-6-8-21(27)9-7-19/h5-10,12-16H,3-4,11H2,1-2H3/b20-12+. The highest BCUT2D eigenvalue weighted by molar-refractivity contribution is 5.81. The topological polar surface area (TPSA) is 61.9 Å². The Balaban J connectivity index is 1.58. The zero-order valence-electron chi connectivity index (χ0n) is 18.5. The SMILES string of the molecule is COc1cc(/C=C2\CCCn3c(-c4ccc(F)cc4)cc(=O)nc32)ccc1-n1cnc(C)c1. The minimum atomic E-state index is -0.309. The number of rotatable bonds is 4. The van der Waals surface area contributed by atoms with Gasteiger partial charge in [-0.1, -0.05) is 6.07 Å². The first-order valence-corrected chi connectivity index (χ1v) is 10.8. The third-order valence-electron chi connectivity index (χ3n) is 5.81. The third-order valence-corrected chi connectivity index (χ3v) is 5.81. The van der Waals surface area contributed by atoms with E-state index in [0.717, 1.165) is 58.9 Å². The Hall–Kier alpha value is -4.00. The normalized spacial score (nSPS) is 14.3. The molecule has 1 aliphatic rings. The summed E-state index contributed by atoms with van der Waals surface area (Å²) in [6, 6.07) is 13.7. The smallest absolute Gasteiger partial charge is 0.273 e. The molecule has 33 heavy (non-hydrogen) atoms. The maximum Gasteiger partial charge on any atom is 0.273 e. The highest BCUT2D eigenvalue weighted by atomic mass is 19.1. The van der Waals surface area contributed by atoms with Crippen LogP contribution in [0.15, 0.2) is 65.8 Å². The lowest BCUT2D eigenvalue weighted by molar-refractivity contribution is 0.413. The number of halogens is 1. The second-order valence-electron chi connectivity index (χ2n) is 8.09. The molecule has 4 aromatic rings. The molecule has 0 spiro atoms. The number of benzene rings is 2. The number of hydrogen-bond acceptors (Lipinski definition) is 4. The predicted molar refractivity (Wildman–Crippen MR) is 126 cm³/mol. The molecule has 0 fully saturated rings. The van der Waals surface area contributed by atoms with Crippen molar-refractivity contribution in [1.29, 1.82) is 0 Å². The summed E-state index contributed by atoms with van der Waals surface area (Å²) >= 11 is 0. The van der Waals surface area contributed by atoms with Crippen molar-refractivity contribution in [3.05, 3.63) is 94.3 Å². The third kappa shape index (κ3) is 4.09. The quantitative estimate of drug-likeness (QED) is 0.452. The van der Waals surface area contributed by atoms with Crippen LogP contribution in [0.3, 0.4) is 0 Å². The maximum absolute atomic E-state index is 13.4. The van der Waals surface area contributed by atoms with Crippen LogP contribution in [0.2, 0.25) is 0 Å². The van der Waals surface area contributed by atoms with E-state index in [1.807, 2.05) is 40.5 Å². The lowest BCUT2D eigenvalue weighted by Gasteiger charge is -2.24. The summed E-state index contributed by atoms with van der Waals surface area (Å²) in [5.74, 6) is 1.07. The molecule has 0 N–H and O–H groups in total. The lowest BCUT2D eigenvalue weighted by atomic mass is 10.00. The van der Waals surface area contributed by atoms with E-state index in [0.29, 0.717) is 5.82 Å². The van der Waals surface area contributed by atoms with Gasteiger partial charge < -0.3 is 13.9 Å². The summed E-state index contributed by atoms with van der Waals surface area (Å²) in [5, 5.41) is 0. The first kappa shape index (κ1) is 20.9. The van der Waals surface area contributed by atoms with Crippen molar-refractivity contribution in [3.63, 3.8) is 0 Å². The average molecular weight is 442 g/mol. The van der Waals surface area contributed by atoms with Crippen molar-refractivity contribution in [1.82, 2.24) is 19.1 Å². The van der Waals surface area contributed by atoms with Crippen molar-refractivity contribution >= 4 is 11.6 Å². The Bertz CT molecular complexity index is 1420. The van der Waals surface area contributed by atoms with E-state index >= 15 is 0 Å². The molecule has 0 saturated carbocycles. The monoisotopic (exact) mass is 442 g/mol. The second kappa shape index (κ2) is 8.50. The van der Waals surface area contributed by atoms with Crippen molar-refractivity contribution in [2.24, 2.45) is 0 Å². The molecule has 2 aromatic carbocycles. The highest BCUT2D eigenvalue weighted by Gasteiger charge is 2.19. The highest BCUT2D eigenvalue weighted by Crippen LogP contribution is 2.32. The van der Waals surface area contributed by atoms with Crippen LogP contribution < -0.4 is 10.3 Å². The summed E-state index contributed by atoms with van der Waals surface area (Å²) in [5.41, 5.74) is 5.00. The molecule has 0 saturated heterocycles. The predicted octanol–water partition coefficient (Wildman–Crippen LogP) is 4.89. The zero-order valence-corrected chi connectivity index (χ0v) is 18.5. The number of methoxy groups -OCH3 is 1. The molecule has 0 aliphatic carbocycles. The molecule has 0 atom stereocenters. The van der Waals surface area contributed by atoms with Gasteiger partial charge in [0.05, 0.1) is 30.5 Å². The van der Waals surface area contributed by atoms with E-state index in [1.165, 1.54) is 18.2 Å². The number of aromatic nitrogens is 4. The zero-order chi connectivity index (χ0) is 22.9. The van der Waals surface area contributed by atoms with Crippen LogP contribution in [-0.2, 0) is 6.54 Å². The number of hydrogen-bond donors (Lipinski definition) is 0. The summed E-state index contributed by atoms with van der Waals surface area (Å²) < 4.78 is 23.0. The molecule has 2 aromatic heterocycles. The first-order valence-electron chi connectivity index (χ1n) is 10.8. The van der Waals surface area contributed by atoms with Crippen LogP contribution in [0.4, 0.5) is 4.39 Å². The summed E-state index contributed by atoms with van der Waals surface area (Å²) in [6.45, 7) is 2.69. The molecule has 1 aliphatic heterocycles. The van der Waals surface area contributed by atoms with Gasteiger partial charge in [0.2, 0.25) is 0 Å². The van der Waals surface area contributed by atoms with Gasteiger partial charge >= 0.3 is 0 Å². The molecular formula is C26H23FN4O2. The molecule has 3 heterocycles. The minimum Gasteiger partial charge on any atom is -0.495 e. The van der Waals surface area contributed by atoms with Crippen molar-refractivity contribution < 1.29 is 9.13 Å². The van der Waals surface area contributed by atoms with Gasteiger partial charge in [0.1, 0.15) is 17.4 Å². The fraction of sp³-hybridized carbons (Fsp3) is 0.192. The average Bonchev–Trinajstić information content (AvgIpc) is 3.25. The van der Waals surface area contributed by atoms with Gasteiger partial charge in [-0.05, 0) is 78.9 Å². The van der Waals surface area contributed by atoms with E-state index in [9.17, 15) is 9.18 Å². The van der Waals surface area contributed by atoms with E-state index in [-0.39, 0.29) is 11.4 Å². The van der Waals surface area contributed by atoms with Gasteiger partial charge in [-0.2, -0.15) is 4.98 Å². The van der Waals surface area contributed by atoms with Crippen molar-refractivity contribution in [3.8, 4) is 22.7 Å². The van der Waals surface area contributed by atoms with Gasteiger partial charge in [0.25, 0.3) is 5.56 Å². The van der Waals surface area contributed by atoms with E-state index in [2.05, 4.69) is 16.0 Å². The Morgan fingerprint density at radius 2 is 1.94 bits per heavy atom. The summed E-state index contributed by atoms with van der Waals surface area (Å²) in [7, 11) is 1.64. The fourth-order valence-corrected chi connectivity index (χ4v) is 4.26. The Kier molecular flexibility index (Phi) is 5.38. The molecule has 0 amide bonds. The van der Waals surface area contributed by atoms with Crippen LogP contribution in [0.25, 0.3) is 28.6 Å². The molecule has 5 rings (SSSR count). The minimum absolute atomic E-state index is 0.308. The number of fused-ring (bicyclic) bond motifs is 1. The van der Waals surface area contributed by atoms with Gasteiger partial charge in [-0.3, -0.25) is 4.79 Å². The van der Waals surface area contributed by atoms with Gasteiger partial charge in [0, 0.05) is 18.8 Å². The molecule has 0 unspecified atom stereocenters. The Labute approximate surface area is 190 Å². The van der Waals surface area contributed by atoms with E-state index < -0.39 is 0 Å². The summed E-state index contributed by atoms with van der Waals surface area (Å²) in [6.07, 6.45) is 7.49. The van der Waals surface area contributed by atoms with E-state index in [4.69, 9.17) is 4.74 Å². The van der Waals surface area contributed by atoms with Crippen LogP contribution in [0, 0.1) is 12.7 Å². The molecule has 7 heteroatoms. The van der Waals surface area contributed by atoms with Gasteiger partial charge in [-0.15, -0.1) is 0 Å². The lowest BCUT2D eigenvalue weighted by Crippen LogP contribution is -2.22. The molecular weight excluding hydrogens is 419 g/mol. The van der Waals surface area contributed by atoms with Crippen LogP contribution in [-0.4, -0.2) is 26.2 Å². The molecule has 0 bridgehead atoms. The van der Waals surface area contributed by atoms with Crippen LogP contribution in [0.1, 0.15) is 29.9 Å². The first-order chi connectivity index (χ1) is 16.0. The number of ether oxygens (including phenoxy) is 1. The second-order valence-corrected chi connectivity index (χ2v) is 8.09. The van der Waals surface area contributed by atoms with E-state index in [1.54, 1.807) is 25.6 Å². The van der Waals surface area contributed by atoms with Crippen LogP contribution >= 0.6 is 0 Å². The number of aryl methyl sites for hydroxylation is 1. The summed E-state index contributed by atoms with van der Waals surface area (Å²) in [4.78, 5) is 21.1. The molecule has 0 radical (unpaired) electrons. The van der Waals surface area contributed by atoms with Gasteiger partial charge in [0.15, 0.2) is 0 Å². The Morgan fingerprint density at radius 3 is 2.67 bits per heavy atom. The number of nitrogens with zero attached hydrogens (tertiary/aromatic N) is 4. The number of allylic oxidation sites excluding steroid dienone is 1. The van der Waals surface area contributed by atoms with Crippen molar-refractivity contribution in [2.75, 3.05) is 7.11 Å². The van der Waals surface area contributed by atoms with Gasteiger partial charge in [-0.25, -0.2) is 9.37 Å². The van der Waals surface area contributed by atoms with Crippen molar-refractivity contribution in [2.45, 2.75) is 26.3 Å². The Morgan fingerprint density at radius 1 is 1.12 bits per heavy atom. The maximum atomic E-state index is 13.4.